The summed E-state index contributed by atoms with van der Waals surface area (Å²) in [6.07, 6.45) is 0. The SMILES string of the molecule is NC(=S)c1ccc(O)c(Cl)c1. The van der Waals surface area contributed by atoms with Gasteiger partial charge in [-0.15, -0.1) is 0 Å². The molecule has 0 spiro atoms. The van der Waals surface area contributed by atoms with E-state index in [1.807, 2.05) is 0 Å². The molecule has 3 N–H and O–H groups in total. The highest BCUT2D eigenvalue weighted by atomic mass is 35.5. The molecule has 2 nitrogen and oxygen atoms in total. The van der Waals surface area contributed by atoms with Gasteiger partial charge in [0, 0.05) is 5.56 Å². The second-order valence-electron chi connectivity index (χ2n) is 2.03. The van der Waals surface area contributed by atoms with Crippen LogP contribution in [0.25, 0.3) is 0 Å². The normalized spacial score (nSPS) is 9.55. The van der Waals surface area contributed by atoms with E-state index in [1.165, 1.54) is 12.1 Å². The molecule has 0 heterocycles. The van der Waals surface area contributed by atoms with Crippen LogP contribution in [0, 0.1) is 0 Å². The maximum absolute atomic E-state index is 9.01. The van der Waals surface area contributed by atoms with Crippen molar-refractivity contribution in [2.75, 3.05) is 0 Å². The third-order valence-corrected chi connectivity index (χ3v) is 1.77. The Bertz CT molecular complexity index is 300. The lowest BCUT2D eigenvalue weighted by Crippen LogP contribution is -2.08. The Hall–Kier alpha value is -0.800. The zero-order chi connectivity index (χ0) is 8.43. The summed E-state index contributed by atoms with van der Waals surface area (Å²) >= 11 is 10.3. The molecule has 0 saturated carbocycles. The highest BCUT2D eigenvalue weighted by Gasteiger charge is 2.00. The van der Waals surface area contributed by atoms with Gasteiger partial charge in [-0.1, -0.05) is 23.8 Å². The van der Waals surface area contributed by atoms with Gasteiger partial charge in [0.2, 0.25) is 0 Å². The maximum atomic E-state index is 9.01. The van der Waals surface area contributed by atoms with Crippen LogP contribution in [-0.2, 0) is 0 Å². The lowest BCUT2D eigenvalue weighted by atomic mass is 10.2. The zero-order valence-electron chi connectivity index (χ0n) is 5.54. The van der Waals surface area contributed by atoms with Gasteiger partial charge in [0.1, 0.15) is 10.7 Å². The quantitative estimate of drug-likeness (QED) is 0.658. The van der Waals surface area contributed by atoms with E-state index in [4.69, 9.17) is 34.7 Å². The summed E-state index contributed by atoms with van der Waals surface area (Å²) in [4.78, 5) is 0.270. The highest BCUT2D eigenvalue weighted by molar-refractivity contribution is 7.80. The van der Waals surface area contributed by atoms with E-state index in [9.17, 15) is 0 Å². The predicted octanol–water partition coefficient (Wildman–Crippen LogP) is 1.68. The van der Waals surface area contributed by atoms with Crippen molar-refractivity contribution in [1.82, 2.24) is 0 Å². The number of aromatic hydroxyl groups is 1. The van der Waals surface area contributed by atoms with Crippen LogP contribution in [-0.4, -0.2) is 10.1 Å². The van der Waals surface area contributed by atoms with Crippen molar-refractivity contribution >= 4 is 28.8 Å². The van der Waals surface area contributed by atoms with E-state index in [0.717, 1.165) is 0 Å². The number of phenols is 1. The molecule has 1 aromatic rings. The number of benzene rings is 1. The first-order chi connectivity index (χ1) is 5.11. The van der Waals surface area contributed by atoms with Crippen LogP contribution in [0.1, 0.15) is 5.56 Å². The summed E-state index contributed by atoms with van der Waals surface area (Å²) in [7, 11) is 0. The average Bonchev–Trinajstić information content (AvgIpc) is 1.94. The van der Waals surface area contributed by atoms with Crippen LogP contribution >= 0.6 is 23.8 Å². The maximum Gasteiger partial charge on any atom is 0.134 e. The number of hydrogen-bond donors (Lipinski definition) is 2. The number of thiocarbonyl (C=S) groups is 1. The first kappa shape index (κ1) is 8.30. The minimum atomic E-state index is 0.0340. The number of nitrogens with two attached hydrogens (primary N) is 1. The summed E-state index contributed by atoms with van der Waals surface area (Å²) in [5.41, 5.74) is 5.98. The predicted molar refractivity (Wildman–Crippen MR) is 49.0 cm³/mol. The molecule has 0 fully saturated rings. The molecule has 0 aromatic heterocycles. The fourth-order valence-electron chi connectivity index (χ4n) is 0.660. The fraction of sp³-hybridized carbons (Fsp3) is 0. The zero-order valence-corrected chi connectivity index (χ0v) is 7.12. The van der Waals surface area contributed by atoms with Gasteiger partial charge in [-0.05, 0) is 18.2 Å². The number of rotatable bonds is 1. The summed E-state index contributed by atoms with van der Waals surface area (Å²) in [5, 5.41) is 9.27. The molecule has 0 amide bonds. The van der Waals surface area contributed by atoms with Crippen LogP contribution in [0.4, 0.5) is 0 Å². The van der Waals surface area contributed by atoms with Gasteiger partial charge in [0.05, 0.1) is 5.02 Å². The van der Waals surface area contributed by atoms with Crippen LogP contribution in [0.15, 0.2) is 18.2 Å². The molecule has 0 bridgehead atoms. The molecule has 0 saturated heterocycles. The largest absolute Gasteiger partial charge is 0.506 e. The van der Waals surface area contributed by atoms with Crippen molar-refractivity contribution in [2.24, 2.45) is 5.73 Å². The van der Waals surface area contributed by atoms with Crippen molar-refractivity contribution in [1.29, 1.82) is 0 Å². The van der Waals surface area contributed by atoms with Crippen LogP contribution in [0.2, 0.25) is 5.02 Å². The van der Waals surface area contributed by atoms with Crippen molar-refractivity contribution in [2.45, 2.75) is 0 Å². The van der Waals surface area contributed by atoms with E-state index in [1.54, 1.807) is 6.07 Å². The highest BCUT2D eigenvalue weighted by Crippen LogP contribution is 2.23. The Morgan fingerprint density at radius 1 is 1.55 bits per heavy atom. The molecule has 58 valence electrons. The minimum absolute atomic E-state index is 0.0340. The van der Waals surface area contributed by atoms with Crippen molar-refractivity contribution < 1.29 is 5.11 Å². The second kappa shape index (κ2) is 3.07. The van der Waals surface area contributed by atoms with Crippen LogP contribution in [0.3, 0.4) is 0 Å². The lowest BCUT2D eigenvalue weighted by molar-refractivity contribution is 0.475. The second-order valence-corrected chi connectivity index (χ2v) is 2.88. The molecule has 0 atom stereocenters. The summed E-state index contributed by atoms with van der Waals surface area (Å²) < 4.78 is 0. The average molecular weight is 188 g/mol. The third-order valence-electron chi connectivity index (χ3n) is 1.23. The molecular formula is C7H6ClNOS. The molecule has 11 heavy (non-hydrogen) atoms. The van der Waals surface area contributed by atoms with E-state index < -0.39 is 0 Å². The molecule has 0 aliphatic rings. The van der Waals surface area contributed by atoms with Crippen molar-refractivity contribution in [3.63, 3.8) is 0 Å². The molecule has 0 unspecified atom stereocenters. The van der Waals surface area contributed by atoms with E-state index in [2.05, 4.69) is 0 Å². The van der Waals surface area contributed by atoms with Gasteiger partial charge in [-0.2, -0.15) is 0 Å². The van der Waals surface area contributed by atoms with Gasteiger partial charge >= 0.3 is 0 Å². The van der Waals surface area contributed by atoms with Gasteiger partial charge in [-0.25, -0.2) is 0 Å². The standard InChI is InChI=1S/C7H6ClNOS/c8-5-3-4(7(9)11)1-2-6(5)10/h1-3,10H,(H2,9,11). The Morgan fingerprint density at radius 3 is 2.64 bits per heavy atom. The number of halogens is 1. The third kappa shape index (κ3) is 1.82. The Balaban J connectivity index is 3.15. The monoisotopic (exact) mass is 187 g/mol. The van der Waals surface area contributed by atoms with Crippen molar-refractivity contribution in [3.8, 4) is 5.75 Å². The van der Waals surface area contributed by atoms with Gasteiger partial charge < -0.3 is 10.8 Å². The van der Waals surface area contributed by atoms with E-state index in [0.29, 0.717) is 5.56 Å². The molecule has 1 rings (SSSR count). The summed E-state index contributed by atoms with van der Waals surface area (Å²) in [5.74, 6) is 0.0340. The molecular weight excluding hydrogens is 182 g/mol. The summed E-state index contributed by atoms with van der Waals surface area (Å²) in [6.45, 7) is 0. The topological polar surface area (TPSA) is 46.2 Å². The van der Waals surface area contributed by atoms with E-state index in [-0.39, 0.29) is 15.8 Å². The molecule has 4 heteroatoms. The van der Waals surface area contributed by atoms with Crippen molar-refractivity contribution in [3.05, 3.63) is 28.8 Å². The first-order valence-electron chi connectivity index (χ1n) is 2.89. The molecule has 0 radical (unpaired) electrons. The fourth-order valence-corrected chi connectivity index (χ4v) is 0.968. The number of phenolic OH excluding ortho intramolecular Hbond substituents is 1. The first-order valence-corrected chi connectivity index (χ1v) is 3.68. The Kier molecular flexibility index (Phi) is 2.31. The van der Waals surface area contributed by atoms with Gasteiger partial charge in [-0.3, -0.25) is 0 Å². The Labute approximate surface area is 74.6 Å². The van der Waals surface area contributed by atoms with E-state index >= 15 is 0 Å². The molecule has 0 aliphatic heterocycles. The van der Waals surface area contributed by atoms with Gasteiger partial charge in [0.15, 0.2) is 0 Å². The molecule has 0 aliphatic carbocycles. The lowest BCUT2D eigenvalue weighted by Gasteiger charge is -1.99. The number of hydrogen-bond acceptors (Lipinski definition) is 2. The Morgan fingerprint density at radius 2 is 2.18 bits per heavy atom. The van der Waals surface area contributed by atoms with Gasteiger partial charge in [0.25, 0.3) is 0 Å². The van der Waals surface area contributed by atoms with Crippen LogP contribution < -0.4 is 5.73 Å². The molecule has 1 aromatic carbocycles. The smallest absolute Gasteiger partial charge is 0.134 e. The van der Waals surface area contributed by atoms with Crippen LogP contribution in [0.5, 0.6) is 5.75 Å². The minimum Gasteiger partial charge on any atom is -0.506 e. The summed E-state index contributed by atoms with van der Waals surface area (Å²) in [6, 6.07) is 4.60.